The van der Waals surface area contributed by atoms with Crippen LogP contribution in [-0.2, 0) is 6.54 Å². The number of alkyl halides is 3. The summed E-state index contributed by atoms with van der Waals surface area (Å²) in [5, 5.41) is 7.00. The molecule has 0 aliphatic heterocycles. The van der Waals surface area contributed by atoms with Crippen molar-refractivity contribution in [3.05, 3.63) is 18.0 Å². The molecule has 0 saturated carbocycles. The Balaban J connectivity index is 2.00. The Labute approximate surface area is 96.4 Å². The second-order valence-electron chi connectivity index (χ2n) is 3.32. The van der Waals surface area contributed by atoms with Crippen molar-refractivity contribution in [2.24, 2.45) is 0 Å². The number of rotatable bonds is 6. The van der Waals surface area contributed by atoms with Gasteiger partial charge < -0.3 is 5.32 Å². The van der Waals surface area contributed by atoms with Gasteiger partial charge >= 0.3 is 5.51 Å². The van der Waals surface area contributed by atoms with E-state index in [1.54, 1.807) is 10.9 Å². The number of aryl methyl sites for hydroxylation is 1. The highest BCUT2D eigenvalue weighted by Gasteiger charge is 2.27. The van der Waals surface area contributed by atoms with Gasteiger partial charge in [0, 0.05) is 25.0 Å². The van der Waals surface area contributed by atoms with Crippen molar-refractivity contribution in [1.29, 1.82) is 0 Å². The van der Waals surface area contributed by atoms with E-state index in [1.807, 2.05) is 13.1 Å². The molecule has 0 spiro atoms. The molecule has 1 rings (SSSR count). The summed E-state index contributed by atoms with van der Waals surface area (Å²) in [5.74, 6) is 0.0433. The lowest BCUT2D eigenvalue weighted by Crippen LogP contribution is -2.23. The molecule has 0 aliphatic carbocycles. The van der Waals surface area contributed by atoms with Gasteiger partial charge in [-0.2, -0.15) is 18.3 Å². The average molecular weight is 253 g/mol. The smallest absolute Gasteiger partial charge is 0.314 e. The molecule has 0 aromatic carbocycles. The van der Waals surface area contributed by atoms with Crippen molar-refractivity contribution < 1.29 is 13.2 Å². The van der Waals surface area contributed by atoms with E-state index >= 15 is 0 Å². The fraction of sp³-hybridized carbons (Fsp3) is 0.667. The zero-order valence-electron chi connectivity index (χ0n) is 8.92. The largest absolute Gasteiger partial charge is 0.441 e. The molecule has 1 heterocycles. The van der Waals surface area contributed by atoms with Gasteiger partial charge in [0.05, 0.1) is 12.7 Å². The van der Waals surface area contributed by atoms with Crippen molar-refractivity contribution in [2.75, 3.05) is 18.8 Å². The fourth-order valence-corrected chi connectivity index (χ4v) is 1.62. The predicted molar refractivity (Wildman–Crippen MR) is 58.3 cm³/mol. The summed E-state index contributed by atoms with van der Waals surface area (Å²) in [6, 6.07) is 0. The van der Waals surface area contributed by atoms with Crippen LogP contribution in [0.4, 0.5) is 13.2 Å². The maximum absolute atomic E-state index is 11.8. The van der Waals surface area contributed by atoms with Crippen LogP contribution in [-0.4, -0.2) is 34.1 Å². The maximum atomic E-state index is 11.8. The van der Waals surface area contributed by atoms with Crippen molar-refractivity contribution in [3.8, 4) is 0 Å². The molecule has 3 nitrogen and oxygen atoms in total. The maximum Gasteiger partial charge on any atom is 0.441 e. The lowest BCUT2D eigenvalue weighted by atomic mass is 10.4. The molecule has 92 valence electrons. The average Bonchev–Trinajstić information content (AvgIpc) is 2.56. The number of nitrogens with zero attached hydrogens (tertiary/aromatic N) is 2. The standard InChI is InChI=1S/C9H14F3N3S/c1-8-6-14-15(7-8)4-2-13-3-5-16-9(10,11)12/h6-7,13H,2-5H2,1H3. The first-order valence-electron chi connectivity index (χ1n) is 4.88. The van der Waals surface area contributed by atoms with Crippen molar-refractivity contribution >= 4 is 11.8 Å². The molecular formula is C9H14F3N3S. The SMILES string of the molecule is Cc1cnn(CCNCCSC(F)(F)F)c1. The Bertz CT molecular complexity index is 311. The van der Waals surface area contributed by atoms with E-state index in [1.165, 1.54) is 0 Å². The highest BCUT2D eigenvalue weighted by molar-refractivity contribution is 8.00. The monoisotopic (exact) mass is 253 g/mol. The van der Waals surface area contributed by atoms with Gasteiger partial charge in [0.15, 0.2) is 0 Å². The van der Waals surface area contributed by atoms with Gasteiger partial charge in [-0.15, -0.1) is 0 Å². The highest BCUT2D eigenvalue weighted by Crippen LogP contribution is 2.29. The van der Waals surface area contributed by atoms with Crippen LogP contribution >= 0.6 is 11.8 Å². The summed E-state index contributed by atoms with van der Waals surface area (Å²) in [5.41, 5.74) is -3.05. The molecule has 0 aliphatic rings. The lowest BCUT2D eigenvalue weighted by molar-refractivity contribution is -0.0327. The molecule has 0 unspecified atom stereocenters. The zero-order chi connectivity index (χ0) is 12.0. The normalized spacial score (nSPS) is 12.0. The molecule has 0 amide bonds. The van der Waals surface area contributed by atoms with Gasteiger partial charge in [0.1, 0.15) is 0 Å². The summed E-state index contributed by atoms with van der Waals surface area (Å²) < 4.78 is 37.0. The van der Waals surface area contributed by atoms with Gasteiger partial charge in [-0.25, -0.2) is 0 Å². The summed E-state index contributed by atoms with van der Waals surface area (Å²) in [6.07, 6.45) is 3.64. The Morgan fingerprint density at radius 3 is 2.75 bits per heavy atom. The Morgan fingerprint density at radius 1 is 1.44 bits per heavy atom. The van der Waals surface area contributed by atoms with Gasteiger partial charge in [0.25, 0.3) is 0 Å². The minimum atomic E-state index is -4.12. The Kier molecular flexibility index (Phi) is 5.14. The molecule has 0 radical (unpaired) electrons. The number of halogens is 3. The van der Waals surface area contributed by atoms with E-state index in [9.17, 15) is 13.2 Å². The van der Waals surface area contributed by atoms with Gasteiger partial charge in [-0.3, -0.25) is 4.68 Å². The van der Waals surface area contributed by atoms with Crippen LogP contribution in [0.5, 0.6) is 0 Å². The van der Waals surface area contributed by atoms with Crippen LogP contribution in [0, 0.1) is 6.92 Å². The van der Waals surface area contributed by atoms with E-state index in [0.29, 0.717) is 19.6 Å². The van der Waals surface area contributed by atoms with Crippen molar-refractivity contribution in [2.45, 2.75) is 19.0 Å². The minimum absolute atomic E-state index is 0.000994. The summed E-state index contributed by atoms with van der Waals surface area (Å²) in [4.78, 5) is 0. The Hall–Kier alpha value is -0.690. The summed E-state index contributed by atoms with van der Waals surface area (Å²) >= 11 is -0.000994. The highest BCUT2D eigenvalue weighted by atomic mass is 32.2. The van der Waals surface area contributed by atoms with Crippen LogP contribution in [0.15, 0.2) is 12.4 Å². The van der Waals surface area contributed by atoms with E-state index < -0.39 is 5.51 Å². The molecule has 0 saturated heterocycles. The van der Waals surface area contributed by atoms with E-state index in [0.717, 1.165) is 5.56 Å². The molecule has 0 bridgehead atoms. The quantitative estimate of drug-likeness (QED) is 0.787. The van der Waals surface area contributed by atoms with Crippen LogP contribution in [0.1, 0.15) is 5.56 Å². The minimum Gasteiger partial charge on any atom is -0.314 e. The van der Waals surface area contributed by atoms with Crippen molar-refractivity contribution in [1.82, 2.24) is 15.1 Å². The number of thioether (sulfide) groups is 1. The fourth-order valence-electron chi connectivity index (χ4n) is 1.15. The van der Waals surface area contributed by atoms with E-state index in [4.69, 9.17) is 0 Å². The van der Waals surface area contributed by atoms with Crippen LogP contribution < -0.4 is 5.32 Å². The topological polar surface area (TPSA) is 29.9 Å². The first-order valence-corrected chi connectivity index (χ1v) is 5.86. The molecular weight excluding hydrogens is 239 g/mol. The molecule has 1 aromatic heterocycles. The third-order valence-corrected chi connectivity index (χ3v) is 2.56. The van der Waals surface area contributed by atoms with Gasteiger partial charge in [0.2, 0.25) is 0 Å². The summed E-state index contributed by atoms with van der Waals surface area (Å²) in [6.45, 7) is 3.59. The first-order chi connectivity index (χ1) is 7.47. The molecule has 1 aromatic rings. The molecule has 0 fully saturated rings. The molecule has 7 heteroatoms. The molecule has 16 heavy (non-hydrogen) atoms. The summed E-state index contributed by atoms with van der Waals surface area (Å²) in [7, 11) is 0. The third kappa shape index (κ3) is 6.02. The van der Waals surface area contributed by atoms with Crippen molar-refractivity contribution in [3.63, 3.8) is 0 Å². The van der Waals surface area contributed by atoms with Crippen LogP contribution in [0.3, 0.4) is 0 Å². The number of nitrogens with one attached hydrogen (secondary N) is 1. The zero-order valence-corrected chi connectivity index (χ0v) is 9.74. The number of hydrogen-bond acceptors (Lipinski definition) is 3. The van der Waals surface area contributed by atoms with E-state index in [-0.39, 0.29) is 17.5 Å². The van der Waals surface area contributed by atoms with E-state index in [2.05, 4.69) is 10.4 Å². The second kappa shape index (κ2) is 6.15. The number of aromatic nitrogens is 2. The van der Waals surface area contributed by atoms with Crippen LogP contribution in [0.2, 0.25) is 0 Å². The third-order valence-electron chi connectivity index (χ3n) is 1.82. The lowest BCUT2D eigenvalue weighted by Gasteiger charge is -2.06. The van der Waals surface area contributed by atoms with Crippen LogP contribution in [0.25, 0.3) is 0 Å². The first kappa shape index (κ1) is 13.4. The molecule has 0 atom stereocenters. The predicted octanol–water partition coefficient (Wildman–Crippen LogP) is 2.03. The Morgan fingerprint density at radius 2 is 2.19 bits per heavy atom. The molecule has 1 N–H and O–H groups in total. The van der Waals surface area contributed by atoms with Gasteiger partial charge in [-0.05, 0) is 24.2 Å². The number of hydrogen-bond donors (Lipinski definition) is 1. The second-order valence-corrected chi connectivity index (χ2v) is 4.48. The van der Waals surface area contributed by atoms with Gasteiger partial charge in [-0.1, -0.05) is 0 Å².